The largest absolute Gasteiger partial charge is 0.356 e. The molecule has 174 valence electrons. The van der Waals surface area contributed by atoms with E-state index in [9.17, 15) is 4.79 Å². The van der Waals surface area contributed by atoms with E-state index in [-0.39, 0.29) is 11.8 Å². The van der Waals surface area contributed by atoms with Gasteiger partial charge in [-0.25, -0.2) is 9.97 Å². The number of carbonyl (C=O) groups excluding carboxylic acids is 1. The van der Waals surface area contributed by atoms with Crippen molar-refractivity contribution < 1.29 is 4.79 Å². The number of carbonyl (C=O) groups is 1. The number of piperidine rings is 1. The molecule has 0 atom stereocenters. The Morgan fingerprint density at radius 1 is 1.09 bits per heavy atom. The lowest BCUT2D eigenvalue weighted by atomic mass is 9.94. The van der Waals surface area contributed by atoms with Crippen LogP contribution in [0.3, 0.4) is 0 Å². The van der Waals surface area contributed by atoms with Gasteiger partial charge in [0.2, 0.25) is 5.91 Å². The fraction of sp³-hybridized carbons (Fsp3) is 0.308. The summed E-state index contributed by atoms with van der Waals surface area (Å²) in [6.45, 7) is 6.27. The van der Waals surface area contributed by atoms with Crippen LogP contribution in [0.2, 0.25) is 5.02 Å². The summed E-state index contributed by atoms with van der Waals surface area (Å²) < 4.78 is 0. The molecule has 4 aromatic rings. The zero-order chi connectivity index (χ0) is 23.7. The molecule has 0 N–H and O–H groups in total. The van der Waals surface area contributed by atoms with Crippen molar-refractivity contribution in [3.05, 3.63) is 76.1 Å². The van der Waals surface area contributed by atoms with E-state index in [1.54, 1.807) is 23.9 Å². The third kappa shape index (κ3) is 4.50. The maximum absolute atomic E-state index is 13.7. The van der Waals surface area contributed by atoms with Gasteiger partial charge >= 0.3 is 0 Å². The molecule has 5 rings (SSSR count). The van der Waals surface area contributed by atoms with Crippen LogP contribution in [0.1, 0.15) is 29.0 Å². The molecule has 1 aliphatic rings. The molecule has 3 aromatic heterocycles. The van der Waals surface area contributed by atoms with Crippen molar-refractivity contribution in [3.8, 4) is 0 Å². The van der Waals surface area contributed by atoms with Crippen LogP contribution in [0.5, 0.6) is 0 Å². The molecule has 0 aliphatic carbocycles. The fourth-order valence-corrected chi connectivity index (χ4v) is 5.65. The lowest BCUT2D eigenvalue weighted by Gasteiger charge is -2.35. The first-order valence-electron chi connectivity index (χ1n) is 11.4. The molecule has 1 saturated heterocycles. The Morgan fingerprint density at radius 2 is 1.85 bits per heavy atom. The van der Waals surface area contributed by atoms with Gasteiger partial charge in [-0.3, -0.25) is 9.78 Å². The minimum absolute atomic E-state index is 0.0572. The monoisotopic (exact) mass is 491 g/mol. The van der Waals surface area contributed by atoms with Crippen LogP contribution in [-0.4, -0.2) is 33.9 Å². The summed E-state index contributed by atoms with van der Waals surface area (Å²) in [5.74, 6) is 1.06. The average Bonchev–Trinajstić information content (AvgIpc) is 3.17. The molecule has 0 unspecified atom stereocenters. The van der Waals surface area contributed by atoms with Crippen LogP contribution < -0.4 is 9.80 Å². The molecule has 4 heterocycles. The number of anilines is 2. The number of pyridine rings is 1. The number of benzene rings is 1. The van der Waals surface area contributed by atoms with Gasteiger partial charge in [-0.15, -0.1) is 11.3 Å². The Balaban J connectivity index is 1.35. The van der Waals surface area contributed by atoms with Gasteiger partial charge in [-0.1, -0.05) is 17.7 Å². The number of nitrogens with zero attached hydrogens (tertiary/aromatic N) is 5. The maximum Gasteiger partial charge on any atom is 0.230 e. The summed E-state index contributed by atoms with van der Waals surface area (Å²) in [6, 6.07) is 13.2. The van der Waals surface area contributed by atoms with Crippen molar-refractivity contribution in [1.82, 2.24) is 15.0 Å². The molecule has 0 bridgehead atoms. The number of halogens is 1. The molecule has 0 spiro atoms. The first-order valence-corrected chi connectivity index (χ1v) is 12.6. The summed E-state index contributed by atoms with van der Waals surface area (Å²) in [5, 5.41) is 1.80. The Bertz CT molecular complexity index is 1300. The van der Waals surface area contributed by atoms with Crippen molar-refractivity contribution in [3.63, 3.8) is 0 Å². The maximum atomic E-state index is 13.7. The van der Waals surface area contributed by atoms with E-state index in [1.165, 1.54) is 10.4 Å². The van der Waals surface area contributed by atoms with E-state index in [2.05, 4.69) is 33.7 Å². The highest BCUT2D eigenvalue weighted by Gasteiger charge is 2.31. The number of fused-ring (bicyclic) bond motifs is 1. The summed E-state index contributed by atoms with van der Waals surface area (Å²) in [7, 11) is 0. The Labute approximate surface area is 208 Å². The van der Waals surface area contributed by atoms with Crippen LogP contribution in [-0.2, 0) is 11.3 Å². The number of rotatable bonds is 5. The molecule has 1 aromatic carbocycles. The summed E-state index contributed by atoms with van der Waals surface area (Å²) in [5.41, 5.74) is 2.94. The Kier molecular flexibility index (Phi) is 6.48. The first kappa shape index (κ1) is 22.7. The second-order valence-corrected chi connectivity index (χ2v) is 10.3. The first-order chi connectivity index (χ1) is 16.5. The number of amides is 1. The molecule has 8 heteroatoms. The highest BCUT2D eigenvalue weighted by Crippen LogP contribution is 2.36. The van der Waals surface area contributed by atoms with Crippen LogP contribution in [0.25, 0.3) is 10.2 Å². The number of thiophene rings is 1. The highest BCUT2D eigenvalue weighted by molar-refractivity contribution is 7.18. The van der Waals surface area contributed by atoms with E-state index < -0.39 is 0 Å². The van der Waals surface area contributed by atoms with Gasteiger partial charge in [0, 0.05) is 40.8 Å². The van der Waals surface area contributed by atoms with Crippen molar-refractivity contribution >= 4 is 50.6 Å². The summed E-state index contributed by atoms with van der Waals surface area (Å²) >= 11 is 7.81. The third-order valence-electron chi connectivity index (χ3n) is 6.54. The van der Waals surface area contributed by atoms with Gasteiger partial charge in [-0.05, 0) is 68.7 Å². The van der Waals surface area contributed by atoms with Crippen molar-refractivity contribution in [2.24, 2.45) is 5.92 Å². The smallest absolute Gasteiger partial charge is 0.230 e. The van der Waals surface area contributed by atoms with Gasteiger partial charge in [0.1, 0.15) is 17.0 Å². The quantitative estimate of drug-likeness (QED) is 0.352. The van der Waals surface area contributed by atoms with E-state index in [0.717, 1.165) is 53.3 Å². The summed E-state index contributed by atoms with van der Waals surface area (Å²) in [4.78, 5) is 33.7. The third-order valence-corrected chi connectivity index (χ3v) is 7.91. The molecule has 0 saturated carbocycles. The zero-order valence-electron chi connectivity index (χ0n) is 19.2. The fourth-order valence-electron chi connectivity index (χ4n) is 4.53. The van der Waals surface area contributed by atoms with Gasteiger partial charge in [0.05, 0.1) is 17.6 Å². The van der Waals surface area contributed by atoms with Crippen LogP contribution in [0, 0.1) is 19.8 Å². The molecule has 0 radical (unpaired) electrons. The Morgan fingerprint density at radius 3 is 2.56 bits per heavy atom. The van der Waals surface area contributed by atoms with E-state index in [0.29, 0.717) is 11.6 Å². The zero-order valence-corrected chi connectivity index (χ0v) is 20.8. The van der Waals surface area contributed by atoms with Crippen LogP contribution in [0.15, 0.2) is 55.0 Å². The van der Waals surface area contributed by atoms with Crippen LogP contribution in [0.4, 0.5) is 11.5 Å². The minimum Gasteiger partial charge on any atom is -0.356 e. The lowest BCUT2D eigenvalue weighted by Crippen LogP contribution is -2.43. The topological polar surface area (TPSA) is 62.2 Å². The lowest BCUT2D eigenvalue weighted by molar-refractivity contribution is -0.123. The van der Waals surface area contributed by atoms with Gasteiger partial charge < -0.3 is 9.80 Å². The van der Waals surface area contributed by atoms with Crippen molar-refractivity contribution in [1.29, 1.82) is 0 Å². The van der Waals surface area contributed by atoms with Gasteiger partial charge in [0.25, 0.3) is 0 Å². The molecule has 1 amide bonds. The SMILES string of the molecule is Cc1sc2ncnc(N3CCC(C(=O)N(Cc4ccccn4)c4ccc(Cl)cc4)CC3)c2c1C. The van der Waals surface area contributed by atoms with Gasteiger partial charge in [0.15, 0.2) is 0 Å². The second-order valence-electron chi connectivity index (χ2n) is 8.64. The van der Waals surface area contributed by atoms with E-state index in [1.807, 2.05) is 47.4 Å². The van der Waals surface area contributed by atoms with E-state index >= 15 is 0 Å². The molecule has 6 nitrogen and oxygen atoms in total. The van der Waals surface area contributed by atoms with Crippen molar-refractivity contribution in [2.75, 3.05) is 22.9 Å². The standard InChI is InChI=1S/C26H26ClN5OS/c1-17-18(2)34-25-23(17)24(29-16-30-25)31-13-10-19(11-14-31)26(33)32(15-21-5-3-4-12-28-21)22-8-6-20(27)7-9-22/h3-9,12,16,19H,10-11,13-15H2,1-2H3. The average molecular weight is 492 g/mol. The normalized spacial score (nSPS) is 14.5. The second kappa shape index (κ2) is 9.68. The Hall–Kier alpha value is -3.03. The molecular weight excluding hydrogens is 466 g/mol. The molecule has 34 heavy (non-hydrogen) atoms. The van der Waals surface area contributed by atoms with Gasteiger partial charge in [-0.2, -0.15) is 0 Å². The number of hydrogen-bond donors (Lipinski definition) is 0. The summed E-state index contributed by atoms with van der Waals surface area (Å²) in [6.07, 6.45) is 4.96. The van der Waals surface area contributed by atoms with Crippen molar-refractivity contribution in [2.45, 2.75) is 33.2 Å². The number of aromatic nitrogens is 3. The predicted octanol–water partition coefficient (Wildman–Crippen LogP) is 5.81. The van der Waals surface area contributed by atoms with E-state index in [4.69, 9.17) is 11.6 Å². The predicted molar refractivity (Wildman–Crippen MR) is 139 cm³/mol. The van der Waals surface area contributed by atoms with Crippen LogP contribution >= 0.6 is 22.9 Å². The molecular formula is C26H26ClN5OS. The highest BCUT2D eigenvalue weighted by atomic mass is 35.5. The number of aryl methyl sites for hydroxylation is 2. The number of hydrogen-bond acceptors (Lipinski definition) is 6. The molecule has 1 aliphatic heterocycles. The molecule has 1 fully saturated rings. The minimum atomic E-state index is -0.0572.